The van der Waals surface area contributed by atoms with Gasteiger partial charge in [-0.25, -0.2) is 0 Å². The van der Waals surface area contributed by atoms with Crippen LogP contribution in [0.1, 0.15) is 25.7 Å². The third-order valence-corrected chi connectivity index (χ3v) is 3.61. The average Bonchev–Trinajstić information content (AvgIpc) is 2.96. The molecule has 0 saturated heterocycles. The maximum atomic E-state index is 5.92. The molecule has 1 aliphatic carbocycles. The van der Waals surface area contributed by atoms with Gasteiger partial charge in [0.05, 0.1) is 0 Å². The lowest BCUT2D eigenvalue weighted by atomic mass is 9.91. The summed E-state index contributed by atoms with van der Waals surface area (Å²) in [6, 6.07) is 9.00. The number of rotatable bonds is 3. The number of nitrogens with zero attached hydrogens (tertiary/aromatic N) is 3. The molecule has 1 aromatic heterocycles. The molecule has 2 aromatic rings. The maximum absolute atomic E-state index is 5.92. The highest BCUT2D eigenvalue weighted by Gasteiger charge is 2.18. The van der Waals surface area contributed by atoms with Gasteiger partial charge in [-0.15, -0.1) is 10.2 Å². The zero-order valence-electron chi connectivity index (χ0n) is 10.7. The second-order valence-electron chi connectivity index (χ2n) is 5.07. The molecule has 0 atom stereocenters. The average molecular weight is 258 g/mol. The molecule has 4 N–H and O–H groups in total. The summed E-state index contributed by atoms with van der Waals surface area (Å²) in [5, 5.41) is 17.6. The van der Waals surface area contributed by atoms with Crippen LogP contribution in [0.2, 0.25) is 0 Å². The third-order valence-electron chi connectivity index (χ3n) is 3.61. The number of hydrogen-bond acceptors (Lipinski definition) is 5. The number of nitrogens with two attached hydrogens (primary N) is 1. The largest absolute Gasteiger partial charge is 0.382 e. The van der Waals surface area contributed by atoms with Crippen molar-refractivity contribution >= 4 is 5.69 Å². The Labute approximate surface area is 111 Å². The van der Waals surface area contributed by atoms with Gasteiger partial charge in [0.2, 0.25) is 5.82 Å². The molecule has 0 bridgehead atoms. The van der Waals surface area contributed by atoms with Crippen LogP contribution < -0.4 is 11.1 Å². The first kappa shape index (κ1) is 12.1. The Morgan fingerprint density at radius 3 is 2.79 bits per heavy atom. The van der Waals surface area contributed by atoms with Crippen molar-refractivity contribution in [3.05, 3.63) is 24.3 Å². The molecule has 1 aromatic carbocycles. The van der Waals surface area contributed by atoms with Gasteiger partial charge in [0.1, 0.15) is 0 Å². The fourth-order valence-electron chi connectivity index (χ4n) is 2.53. The smallest absolute Gasteiger partial charge is 0.204 e. The van der Waals surface area contributed by atoms with Crippen molar-refractivity contribution in [2.24, 2.45) is 5.73 Å². The van der Waals surface area contributed by atoms with E-state index in [2.05, 4.69) is 38.1 Å². The molecule has 0 radical (unpaired) electrons. The molecule has 6 nitrogen and oxygen atoms in total. The highest BCUT2D eigenvalue weighted by atomic mass is 15.5. The molecular formula is C13H18N6. The number of benzene rings is 1. The van der Waals surface area contributed by atoms with Crippen LogP contribution in [0, 0.1) is 0 Å². The van der Waals surface area contributed by atoms with E-state index in [9.17, 15) is 0 Å². The Kier molecular flexibility index (Phi) is 3.41. The van der Waals surface area contributed by atoms with E-state index in [0.29, 0.717) is 17.9 Å². The molecule has 0 amide bonds. The summed E-state index contributed by atoms with van der Waals surface area (Å²) < 4.78 is 0. The van der Waals surface area contributed by atoms with Crippen molar-refractivity contribution in [1.82, 2.24) is 20.6 Å². The van der Waals surface area contributed by atoms with E-state index >= 15 is 0 Å². The molecule has 0 aliphatic heterocycles. The van der Waals surface area contributed by atoms with Crippen molar-refractivity contribution in [2.45, 2.75) is 37.8 Å². The quantitative estimate of drug-likeness (QED) is 0.776. The minimum absolute atomic E-state index is 0.378. The first-order valence-corrected chi connectivity index (χ1v) is 6.67. The van der Waals surface area contributed by atoms with Crippen molar-refractivity contribution < 1.29 is 0 Å². The maximum Gasteiger partial charge on any atom is 0.204 e. The molecule has 1 heterocycles. The first-order valence-electron chi connectivity index (χ1n) is 6.67. The molecule has 1 fully saturated rings. The van der Waals surface area contributed by atoms with Crippen LogP contribution in [0.15, 0.2) is 24.3 Å². The SMILES string of the molecule is NC1CCC(Nc2cccc(-c3nn[nH]n3)c2)CC1. The van der Waals surface area contributed by atoms with Crippen LogP contribution in [0.5, 0.6) is 0 Å². The second kappa shape index (κ2) is 5.36. The van der Waals surface area contributed by atoms with Crippen molar-refractivity contribution in [2.75, 3.05) is 5.32 Å². The lowest BCUT2D eigenvalue weighted by Gasteiger charge is -2.27. The van der Waals surface area contributed by atoms with Crippen LogP contribution in [0.25, 0.3) is 11.4 Å². The fourth-order valence-corrected chi connectivity index (χ4v) is 2.53. The monoisotopic (exact) mass is 258 g/mol. The standard InChI is InChI=1S/C13H18N6/c14-10-4-6-11(7-5-10)15-12-3-1-2-9(8-12)13-16-18-19-17-13/h1-3,8,10-11,15H,4-7,14H2,(H,16,17,18,19). The number of H-pyrrole nitrogens is 1. The summed E-state index contributed by atoms with van der Waals surface area (Å²) in [6.07, 6.45) is 4.46. The Balaban J connectivity index is 1.70. The summed E-state index contributed by atoms with van der Waals surface area (Å²) >= 11 is 0. The number of hydrogen-bond donors (Lipinski definition) is 3. The van der Waals surface area contributed by atoms with Gasteiger partial charge in [-0.05, 0) is 43.0 Å². The molecule has 6 heteroatoms. The molecule has 0 unspecified atom stereocenters. The number of anilines is 1. The minimum atomic E-state index is 0.378. The van der Waals surface area contributed by atoms with E-state index in [0.717, 1.165) is 36.9 Å². The second-order valence-corrected chi connectivity index (χ2v) is 5.07. The van der Waals surface area contributed by atoms with E-state index in [-0.39, 0.29) is 0 Å². The van der Waals surface area contributed by atoms with Crippen LogP contribution in [0.4, 0.5) is 5.69 Å². The van der Waals surface area contributed by atoms with E-state index in [4.69, 9.17) is 5.73 Å². The predicted molar refractivity (Wildman–Crippen MR) is 73.5 cm³/mol. The topological polar surface area (TPSA) is 92.5 Å². The minimum Gasteiger partial charge on any atom is -0.382 e. The highest BCUT2D eigenvalue weighted by Crippen LogP contribution is 2.23. The van der Waals surface area contributed by atoms with Crippen molar-refractivity contribution in [3.8, 4) is 11.4 Å². The number of nitrogens with one attached hydrogen (secondary N) is 2. The van der Waals surface area contributed by atoms with Crippen molar-refractivity contribution in [1.29, 1.82) is 0 Å². The molecule has 0 spiro atoms. The lowest BCUT2D eigenvalue weighted by molar-refractivity contribution is 0.411. The van der Waals surface area contributed by atoms with Crippen LogP contribution >= 0.6 is 0 Å². The van der Waals surface area contributed by atoms with Crippen LogP contribution in [-0.4, -0.2) is 32.7 Å². The van der Waals surface area contributed by atoms with Gasteiger partial charge in [0.25, 0.3) is 0 Å². The van der Waals surface area contributed by atoms with E-state index in [1.807, 2.05) is 12.1 Å². The lowest BCUT2D eigenvalue weighted by Crippen LogP contribution is -2.32. The van der Waals surface area contributed by atoms with E-state index in [1.165, 1.54) is 0 Å². The number of tetrazole rings is 1. The normalized spacial score (nSPS) is 23.2. The number of aromatic nitrogens is 4. The Morgan fingerprint density at radius 2 is 2.05 bits per heavy atom. The van der Waals surface area contributed by atoms with Gasteiger partial charge >= 0.3 is 0 Å². The van der Waals surface area contributed by atoms with Gasteiger partial charge in [-0.1, -0.05) is 12.1 Å². The molecular weight excluding hydrogens is 240 g/mol. The summed E-state index contributed by atoms with van der Waals surface area (Å²) in [5.74, 6) is 0.620. The van der Waals surface area contributed by atoms with Gasteiger partial charge in [-0.2, -0.15) is 5.21 Å². The predicted octanol–water partition coefficient (Wildman–Crippen LogP) is 1.55. The van der Waals surface area contributed by atoms with Crippen LogP contribution in [0.3, 0.4) is 0 Å². The van der Waals surface area contributed by atoms with Gasteiger partial charge < -0.3 is 11.1 Å². The van der Waals surface area contributed by atoms with Crippen LogP contribution in [-0.2, 0) is 0 Å². The molecule has 19 heavy (non-hydrogen) atoms. The molecule has 1 aliphatic rings. The van der Waals surface area contributed by atoms with Crippen molar-refractivity contribution in [3.63, 3.8) is 0 Å². The van der Waals surface area contributed by atoms with Gasteiger partial charge in [-0.3, -0.25) is 0 Å². The number of aromatic amines is 1. The molecule has 1 saturated carbocycles. The van der Waals surface area contributed by atoms with E-state index in [1.54, 1.807) is 0 Å². The summed E-state index contributed by atoms with van der Waals surface area (Å²) in [5.41, 5.74) is 7.99. The van der Waals surface area contributed by atoms with E-state index < -0.39 is 0 Å². The molecule has 100 valence electrons. The summed E-state index contributed by atoms with van der Waals surface area (Å²) in [7, 11) is 0. The van der Waals surface area contributed by atoms with Gasteiger partial charge in [0, 0.05) is 23.3 Å². The third kappa shape index (κ3) is 2.90. The summed E-state index contributed by atoms with van der Waals surface area (Å²) in [4.78, 5) is 0. The van der Waals surface area contributed by atoms with Gasteiger partial charge in [0.15, 0.2) is 0 Å². The zero-order valence-corrected chi connectivity index (χ0v) is 10.7. The zero-order chi connectivity index (χ0) is 13.1. The highest BCUT2D eigenvalue weighted by molar-refractivity contribution is 5.61. The first-order chi connectivity index (χ1) is 9.31. The summed E-state index contributed by atoms with van der Waals surface area (Å²) in [6.45, 7) is 0. The Bertz CT molecular complexity index is 516. The Morgan fingerprint density at radius 1 is 1.21 bits per heavy atom. The fraction of sp³-hybridized carbons (Fsp3) is 0.462. The molecule has 3 rings (SSSR count). The Hall–Kier alpha value is -1.95.